The van der Waals surface area contributed by atoms with Crippen molar-refractivity contribution in [3.05, 3.63) is 16.1 Å². The number of carbonyl (C=O) groups is 1. The smallest absolute Gasteiger partial charge is 0.131 e. The van der Waals surface area contributed by atoms with Gasteiger partial charge in [0.15, 0.2) is 0 Å². The fourth-order valence-electron chi connectivity index (χ4n) is 2.62. The van der Waals surface area contributed by atoms with Crippen molar-refractivity contribution in [1.29, 1.82) is 0 Å². The topological polar surface area (TPSA) is 33.2 Å². The standard InChI is InChI=1S/C14H22N2OS/c1-3-5-14-15-12(10-18-14)9-16-7-4-6-13(16)8-11(2)17/h10,13H,3-9H2,1-2H3. The number of rotatable bonds is 6. The Hall–Kier alpha value is -0.740. The minimum absolute atomic E-state index is 0.303. The Kier molecular flexibility index (Phi) is 4.89. The normalized spacial score (nSPS) is 20.4. The van der Waals surface area contributed by atoms with Gasteiger partial charge in [-0.25, -0.2) is 4.98 Å². The Morgan fingerprint density at radius 2 is 2.44 bits per heavy atom. The molecule has 3 nitrogen and oxygen atoms in total. The van der Waals surface area contributed by atoms with Crippen LogP contribution in [0.3, 0.4) is 0 Å². The van der Waals surface area contributed by atoms with Crippen molar-refractivity contribution in [2.45, 2.75) is 58.5 Å². The van der Waals surface area contributed by atoms with Gasteiger partial charge in [-0.2, -0.15) is 0 Å². The average Bonchev–Trinajstić information content (AvgIpc) is 2.90. The van der Waals surface area contributed by atoms with Gasteiger partial charge >= 0.3 is 0 Å². The summed E-state index contributed by atoms with van der Waals surface area (Å²) in [4.78, 5) is 18.3. The predicted octanol–water partition coefficient (Wildman–Crippen LogP) is 3.04. The molecule has 0 radical (unpaired) electrons. The van der Waals surface area contributed by atoms with Crippen LogP contribution in [0.2, 0.25) is 0 Å². The minimum Gasteiger partial charge on any atom is -0.300 e. The van der Waals surface area contributed by atoms with E-state index in [1.54, 1.807) is 18.3 Å². The summed E-state index contributed by atoms with van der Waals surface area (Å²) < 4.78 is 0. The van der Waals surface area contributed by atoms with Crippen LogP contribution in [-0.4, -0.2) is 28.3 Å². The Bertz CT molecular complexity index is 402. The van der Waals surface area contributed by atoms with E-state index < -0.39 is 0 Å². The highest BCUT2D eigenvalue weighted by Gasteiger charge is 2.25. The zero-order chi connectivity index (χ0) is 13.0. The molecule has 1 unspecified atom stereocenters. The molecule has 2 rings (SSSR count). The molecule has 1 aromatic heterocycles. The SMILES string of the molecule is CCCc1nc(CN2CCCC2CC(C)=O)cs1. The van der Waals surface area contributed by atoms with E-state index >= 15 is 0 Å². The van der Waals surface area contributed by atoms with Gasteiger partial charge in [0.1, 0.15) is 5.78 Å². The molecule has 1 aliphatic rings. The van der Waals surface area contributed by atoms with Gasteiger partial charge in [-0.05, 0) is 39.2 Å². The number of aryl methyl sites for hydroxylation is 1. The van der Waals surface area contributed by atoms with Crippen molar-refractivity contribution in [3.8, 4) is 0 Å². The number of ketones is 1. The molecule has 1 fully saturated rings. The number of Topliss-reactive ketones (excluding diaryl/α,β-unsaturated/α-hetero) is 1. The van der Waals surface area contributed by atoms with Crippen LogP contribution in [0.15, 0.2) is 5.38 Å². The second-order valence-corrected chi connectivity index (χ2v) is 6.10. The fourth-order valence-corrected chi connectivity index (χ4v) is 3.52. The quantitative estimate of drug-likeness (QED) is 0.793. The molecule has 0 saturated carbocycles. The first-order valence-corrected chi connectivity index (χ1v) is 7.73. The van der Waals surface area contributed by atoms with Crippen molar-refractivity contribution in [1.82, 2.24) is 9.88 Å². The summed E-state index contributed by atoms with van der Waals surface area (Å²) in [6, 6.07) is 0.443. The van der Waals surface area contributed by atoms with Crippen molar-refractivity contribution in [2.75, 3.05) is 6.54 Å². The molecule has 100 valence electrons. The van der Waals surface area contributed by atoms with Crippen molar-refractivity contribution >= 4 is 17.1 Å². The van der Waals surface area contributed by atoms with E-state index in [0.717, 1.165) is 32.4 Å². The van der Waals surface area contributed by atoms with E-state index in [-0.39, 0.29) is 0 Å². The van der Waals surface area contributed by atoms with E-state index in [4.69, 9.17) is 0 Å². The van der Waals surface area contributed by atoms with Crippen LogP contribution >= 0.6 is 11.3 Å². The number of carbonyl (C=O) groups excluding carboxylic acids is 1. The molecule has 1 atom stereocenters. The summed E-state index contributed by atoms with van der Waals surface area (Å²) in [7, 11) is 0. The monoisotopic (exact) mass is 266 g/mol. The molecule has 0 spiro atoms. The summed E-state index contributed by atoms with van der Waals surface area (Å²) in [6.45, 7) is 5.90. The Labute approximate surface area is 113 Å². The molecule has 1 aromatic rings. The average molecular weight is 266 g/mol. The van der Waals surface area contributed by atoms with Crippen LogP contribution < -0.4 is 0 Å². The molecule has 18 heavy (non-hydrogen) atoms. The molecular weight excluding hydrogens is 244 g/mol. The number of likely N-dealkylation sites (tertiary alicyclic amines) is 1. The van der Waals surface area contributed by atoms with Crippen LogP contribution in [0.5, 0.6) is 0 Å². The second kappa shape index (κ2) is 6.43. The largest absolute Gasteiger partial charge is 0.300 e. The van der Waals surface area contributed by atoms with Crippen molar-refractivity contribution in [3.63, 3.8) is 0 Å². The zero-order valence-electron chi connectivity index (χ0n) is 11.3. The third-order valence-electron chi connectivity index (χ3n) is 3.45. The predicted molar refractivity (Wildman–Crippen MR) is 74.8 cm³/mol. The number of aromatic nitrogens is 1. The molecule has 0 bridgehead atoms. The van der Waals surface area contributed by atoms with E-state index in [1.165, 1.54) is 17.1 Å². The van der Waals surface area contributed by atoms with Gasteiger partial charge in [0, 0.05) is 24.4 Å². The Morgan fingerprint density at radius 1 is 1.61 bits per heavy atom. The first-order chi connectivity index (χ1) is 8.69. The van der Waals surface area contributed by atoms with E-state index in [9.17, 15) is 4.79 Å². The van der Waals surface area contributed by atoms with Crippen molar-refractivity contribution < 1.29 is 4.79 Å². The summed E-state index contributed by atoms with van der Waals surface area (Å²) in [5, 5.41) is 3.42. The molecule has 1 aliphatic heterocycles. The van der Waals surface area contributed by atoms with Crippen LogP contribution in [0.4, 0.5) is 0 Å². The highest BCUT2D eigenvalue weighted by molar-refractivity contribution is 7.09. The third-order valence-corrected chi connectivity index (χ3v) is 4.41. The van der Waals surface area contributed by atoms with Gasteiger partial charge in [0.2, 0.25) is 0 Å². The molecule has 0 aromatic carbocycles. The lowest BCUT2D eigenvalue weighted by Crippen LogP contribution is -2.30. The molecule has 0 amide bonds. The first-order valence-electron chi connectivity index (χ1n) is 6.85. The number of nitrogens with zero attached hydrogens (tertiary/aromatic N) is 2. The maximum Gasteiger partial charge on any atom is 0.131 e. The van der Waals surface area contributed by atoms with Gasteiger partial charge in [-0.1, -0.05) is 6.92 Å². The third kappa shape index (κ3) is 3.62. The van der Waals surface area contributed by atoms with Crippen LogP contribution in [0, 0.1) is 0 Å². The van der Waals surface area contributed by atoms with Crippen molar-refractivity contribution in [2.24, 2.45) is 0 Å². The maximum absolute atomic E-state index is 11.2. The summed E-state index contributed by atoms with van der Waals surface area (Å²) in [5.41, 5.74) is 1.18. The summed E-state index contributed by atoms with van der Waals surface area (Å²) in [6.07, 6.45) is 5.31. The van der Waals surface area contributed by atoms with Crippen LogP contribution in [0.25, 0.3) is 0 Å². The lowest BCUT2D eigenvalue weighted by atomic mass is 10.1. The number of hydrogen-bond donors (Lipinski definition) is 0. The van der Waals surface area contributed by atoms with E-state index in [1.807, 2.05) is 0 Å². The maximum atomic E-state index is 11.2. The second-order valence-electron chi connectivity index (χ2n) is 5.16. The lowest BCUT2D eigenvalue weighted by molar-refractivity contribution is -0.118. The van der Waals surface area contributed by atoms with Crippen LogP contribution in [0.1, 0.15) is 50.2 Å². The van der Waals surface area contributed by atoms with Gasteiger partial charge in [-0.3, -0.25) is 9.69 Å². The fraction of sp³-hybridized carbons (Fsp3) is 0.714. The highest BCUT2D eigenvalue weighted by Crippen LogP contribution is 2.23. The molecule has 0 aliphatic carbocycles. The summed E-state index contributed by atoms with van der Waals surface area (Å²) in [5.74, 6) is 0.303. The first kappa shape index (κ1) is 13.7. The van der Waals surface area contributed by atoms with Gasteiger partial charge < -0.3 is 0 Å². The van der Waals surface area contributed by atoms with Gasteiger partial charge in [0.05, 0.1) is 10.7 Å². The molecule has 0 N–H and O–H groups in total. The zero-order valence-corrected chi connectivity index (χ0v) is 12.1. The Balaban J connectivity index is 1.92. The minimum atomic E-state index is 0.303. The molecular formula is C14H22N2OS. The number of thiazole rings is 1. The lowest BCUT2D eigenvalue weighted by Gasteiger charge is -2.22. The molecule has 2 heterocycles. The molecule has 1 saturated heterocycles. The number of hydrogen-bond acceptors (Lipinski definition) is 4. The van der Waals surface area contributed by atoms with Gasteiger partial charge in [0.25, 0.3) is 0 Å². The highest BCUT2D eigenvalue weighted by atomic mass is 32.1. The Morgan fingerprint density at radius 3 is 3.17 bits per heavy atom. The van der Waals surface area contributed by atoms with E-state index in [0.29, 0.717) is 18.2 Å². The van der Waals surface area contributed by atoms with E-state index in [2.05, 4.69) is 22.2 Å². The summed E-state index contributed by atoms with van der Waals surface area (Å²) >= 11 is 1.77. The van der Waals surface area contributed by atoms with Crippen LogP contribution in [-0.2, 0) is 17.8 Å². The van der Waals surface area contributed by atoms with Gasteiger partial charge in [-0.15, -0.1) is 11.3 Å². The molecule has 4 heteroatoms.